The van der Waals surface area contributed by atoms with Crippen molar-refractivity contribution in [2.75, 3.05) is 0 Å². The maximum atomic E-state index is 13.0. The van der Waals surface area contributed by atoms with E-state index in [0.717, 1.165) is 17.1 Å². The molecule has 1 atom stereocenters. The van der Waals surface area contributed by atoms with Gasteiger partial charge in [0.05, 0.1) is 11.4 Å². The number of hydrogen-bond donors (Lipinski definition) is 0. The fraction of sp³-hybridized carbons (Fsp3) is 0.250. The van der Waals surface area contributed by atoms with Gasteiger partial charge in [-0.15, -0.1) is 0 Å². The Bertz CT molecular complexity index is 526. The largest absolute Gasteiger partial charge is 0.283 e. The lowest BCUT2D eigenvalue weighted by Crippen LogP contribution is -2.04. The lowest BCUT2D eigenvalue weighted by Gasteiger charge is -2.11. The molecule has 5 heteroatoms. The quantitative estimate of drug-likeness (QED) is 0.751. The summed E-state index contributed by atoms with van der Waals surface area (Å²) in [5.41, 5.74) is -0.231. The van der Waals surface area contributed by atoms with E-state index in [0.29, 0.717) is 0 Å². The van der Waals surface area contributed by atoms with Crippen molar-refractivity contribution in [3.8, 4) is 5.69 Å². The van der Waals surface area contributed by atoms with Crippen LogP contribution in [0.5, 0.6) is 0 Å². The highest BCUT2D eigenvalue weighted by Crippen LogP contribution is 2.34. The second-order valence-electron chi connectivity index (χ2n) is 4.01. The maximum absolute atomic E-state index is 13.0. The molecule has 1 unspecified atom stereocenters. The van der Waals surface area contributed by atoms with E-state index in [-0.39, 0.29) is 5.56 Å². The predicted octanol–water partition coefficient (Wildman–Crippen LogP) is 3.41. The van der Waals surface area contributed by atoms with Gasteiger partial charge in [0.2, 0.25) is 0 Å². The molecular weight excluding hydrogens is 241 g/mol. The Morgan fingerprint density at radius 1 is 1.18 bits per heavy atom. The van der Waals surface area contributed by atoms with Crippen LogP contribution in [0.4, 0.5) is 8.78 Å². The van der Waals surface area contributed by atoms with Gasteiger partial charge in [-0.2, -0.15) is 13.9 Å². The SMILES string of the molecule is Cc1cc(C)n(-c2ccc(C(F)(F)P)cc2)n1. The third-order valence-electron chi connectivity index (χ3n) is 2.51. The fourth-order valence-corrected chi connectivity index (χ4v) is 1.91. The first-order valence-electron chi connectivity index (χ1n) is 5.19. The number of nitrogens with zero attached hydrogens (tertiary/aromatic N) is 2. The van der Waals surface area contributed by atoms with Crippen LogP contribution in [0.25, 0.3) is 5.69 Å². The number of halogens is 2. The van der Waals surface area contributed by atoms with E-state index in [2.05, 4.69) is 5.10 Å². The zero-order valence-corrected chi connectivity index (χ0v) is 10.8. The first kappa shape index (κ1) is 12.2. The highest BCUT2D eigenvalue weighted by molar-refractivity contribution is 7.17. The minimum Gasteiger partial charge on any atom is -0.238 e. The van der Waals surface area contributed by atoms with Gasteiger partial charge >= 0.3 is 0 Å². The highest BCUT2D eigenvalue weighted by atomic mass is 31.0. The second kappa shape index (κ2) is 4.19. The zero-order valence-electron chi connectivity index (χ0n) is 9.61. The first-order valence-corrected chi connectivity index (χ1v) is 5.76. The maximum Gasteiger partial charge on any atom is 0.283 e. The summed E-state index contributed by atoms with van der Waals surface area (Å²) in [6.07, 6.45) is 0. The summed E-state index contributed by atoms with van der Waals surface area (Å²) in [6.45, 7) is 3.83. The standard InChI is InChI=1S/C12H13F2N2P/c1-8-7-9(2)16(15-8)11-5-3-10(4-6-11)12(13,14)17/h3-7H,17H2,1-2H3. The summed E-state index contributed by atoms with van der Waals surface area (Å²) in [4.78, 5) is 0. The summed E-state index contributed by atoms with van der Waals surface area (Å²) >= 11 is 0. The topological polar surface area (TPSA) is 17.8 Å². The molecule has 0 radical (unpaired) electrons. The number of aromatic nitrogens is 2. The molecular formula is C12H13F2N2P. The van der Waals surface area contributed by atoms with Gasteiger partial charge in [-0.3, -0.25) is 0 Å². The van der Waals surface area contributed by atoms with Crippen molar-refractivity contribution in [3.05, 3.63) is 47.3 Å². The molecule has 90 valence electrons. The van der Waals surface area contributed by atoms with Crippen molar-refractivity contribution in [1.29, 1.82) is 0 Å². The summed E-state index contributed by atoms with van der Waals surface area (Å²) in [7, 11) is 1.53. The molecule has 2 aromatic rings. The van der Waals surface area contributed by atoms with Gasteiger partial charge in [-0.25, -0.2) is 4.68 Å². The van der Waals surface area contributed by atoms with Gasteiger partial charge in [-0.05, 0) is 32.0 Å². The molecule has 0 bridgehead atoms. The predicted molar refractivity (Wildman–Crippen MR) is 66.6 cm³/mol. The zero-order chi connectivity index (χ0) is 12.6. The number of hydrogen-bond acceptors (Lipinski definition) is 1. The normalized spacial score (nSPS) is 11.8. The van der Waals surface area contributed by atoms with Crippen LogP contribution in [0.1, 0.15) is 17.0 Å². The number of alkyl halides is 2. The first-order chi connectivity index (χ1) is 7.88. The molecule has 0 saturated carbocycles. The molecule has 0 N–H and O–H groups in total. The molecule has 0 aliphatic carbocycles. The van der Waals surface area contributed by atoms with Crippen molar-refractivity contribution >= 4 is 9.24 Å². The van der Waals surface area contributed by atoms with Crippen molar-refractivity contribution < 1.29 is 8.78 Å². The van der Waals surface area contributed by atoms with Crippen molar-refractivity contribution in [1.82, 2.24) is 9.78 Å². The van der Waals surface area contributed by atoms with Gasteiger partial charge in [0, 0.05) is 11.3 Å². The lowest BCUT2D eigenvalue weighted by molar-refractivity contribution is 0.104. The molecule has 2 nitrogen and oxygen atoms in total. The molecule has 0 fully saturated rings. The summed E-state index contributed by atoms with van der Waals surface area (Å²) < 4.78 is 27.8. The van der Waals surface area contributed by atoms with Gasteiger partial charge in [0.1, 0.15) is 0 Å². The summed E-state index contributed by atoms with van der Waals surface area (Å²) in [6, 6.07) is 8.06. The van der Waals surface area contributed by atoms with Crippen LogP contribution in [-0.4, -0.2) is 9.78 Å². The van der Waals surface area contributed by atoms with Crippen molar-refractivity contribution in [2.24, 2.45) is 0 Å². The van der Waals surface area contributed by atoms with Crippen LogP contribution in [0.15, 0.2) is 30.3 Å². The Kier molecular flexibility index (Phi) is 3.00. The molecule has 1 aromatic carbocycles. The monoisotopic (exact) mass is 254 g/mol. The molecule has 0 saturated heterocycles. The average molecular weight is 254 g/mol. The number of aryl methyl sites for hydroxylation is 2. The lowest BCUT2D eigenvalue weighted by atomic mass is 10.2. The number of rotatable bonds is 2. The summed E-state index contributed by atoms with van der Waals surface area (Å²) in [5, 5.41) is 4.30. The van der Waals surface area contributed by atoms with E-state index >= 15 is 0 Å². The van der Waals surface area contributed by atoms with Crippen LogP contribution in [0.3, 0.4) is 0 Å². The van der Waals surface area contributed by atoms with E-state index in [1.165, 1.54) is 21.4 Å². The highest BCUT2D eigenvalue weighted by Gasteiger charge is 2.23. The van der Waals surface area contributed by atoms with Gasteiger partial charge in [-0.1, -0.05) is 21.4 Å². The molecule has 0 spiro atoms. The Labute approximate surface area is 101 Å². The van der Waals surface area contributed by atoms with Crippen molar-refractivity contribution in [2.45, 2.75) is 19.5 Å². The third-order valence-corrected chi connectivity index (χ3v) is 2.84. The second-order valence-corrected chi connectivity index (χ2v) is 4.73. The van der Waals surface area contributed by atoms with E-state index in [1.807, 2.05) is 19.9 Å². The van der Waals surface area contributed by atoms with Gasteiger partial charge in [0.25, 0.3) is 5.66 Å². The van der Waals surface area contributed by atoms with Crippen molar-refractivity contribution in [3.63, 3.8) is 0 Å². The fourth-order valence-electron chi connectivity index (χ4n) is 1.72. The van der Waals surface area contributed by atoms with E-state index < -0.39 is 5.66 Å². The smallest absolute Gasteiger partial charge is 0.238 e. The molecule has 0 aliphatic rings. The van der Waals surface area contributed by atoms with E-state index in [4.69, 9.17) is 0 Å². The molecule has 2 rings (SSSR count). The minimum absolute atomic E-state index is 0.0206. The molecule has 1 heterocycles. The van der Waals surface area contributed by atoms with Crippen LogP contribution >= 0.6 is 9.24 Å². The Hall–Kier alpha value is -1.28. The van der Waals surface area contributed by atoms with Gasteiger partial charge in [0.15, 0.2) is 0 Å². The van der Waals surface area contributed by atoms with Crippen LogP contribution < -0.4 is 0 Å². The Balaban J connectivity index is 2.39. The Morgan fingerprint density at radius 3 is 2.18 bits per heavy atom. The van der Waals surface area contributed by atoms with Crippen LogP contribution in [0.2, 0.25) is 0 Å². The van der Waals surface area contributed by atoms with E-state index in [1.54, 1.807) is 16.8 Å². The van der Waals surface area contributed by atoms with Crippen LogP contribution in [-0.2, 0) is 5.66 Å². The molecule has 0 amide bonds. The van der Waals surface area contributed by atoms with Gasteiger partial charge < -0.3 is 0 Å². The molecule has 17 heavy (non-hydrogen) atoms. The minimum atomic E-state index is -2.88. The van der Waals surface area contributed by atoms with E-state index in [9.17, 15) is 8.78 Å². The molecule has 1 aromatic heterocycles. The Morgan fingerprint density at radius 2 is 1.76 bits per heavy atom. The third kappa shape index (κ3) is 2.52. The van der Waals surface area contributed by atoms with Crippen LogP contribution in [0, 0.1) is 13.8 Å². The number of benzene rings is 1. The summed E-state index contributed by atoms with van der Waals surface area (Å²) in [5.74, 6) is 0. The molecule has 0 aliphatic heterocycles. The average Bonchev–Trinajstić information content (AvgIpc) is 2.57.